The average molecular weight is 272 g/mol. The molecule has 0 radical (unpaired) electrons. The van der Waals surface area contributed by atoms with Crippen LogP contribution < -0.4 is 5.32 Å². The van der Waals surface area contributed by atoms with E-state index in [1.807, 2.05) is 12.1 Å². The van der Waals surface area contributed by atoms with Gasteiger partial charge in [0.2, 0.25) is 5.91 Å². The lowest BCUT2D eigenvalue weighted by atomic mass is 9.71. The highest BCUT2D eigenvalue weighted by molar-refractivity contribution is 5.98. The number of carbonyl (C=O) groups excluding carboxylic acids is 1. The predicted molar refractivity (Wildman–Crippen MR) is 76.6 cm³/mol. The summed E-state index contributed by atoms with van der Waals surface area (Å²) in [6, 6.07) is 8.71. The highest BCUT2D eigenvalue weighted by Gasteiger charge is 2.46. The number of anilines is 1. The Hall–Kier alpha value is -1.39. The number of benzene rings is 1. The number of piperidine rings is 1. The zero-order valence-electron chi connectivity index (χ0n) is 11.6. The smallest absolute Gasteiger partial charge is 0.232 e. The Kier molecular flexibility index (Phi) is 2.82. The molecule has 1 N–H and O–H groups in total. The van der Waals surface area contributed by atoms with Crippen molar-refractivity contribution in [3.8, 4) is 0 Å². The number of nitrogens with one attached hydrogen (secondary N) is 1. The van der Waals surface area contributed by atoms with Gasteiger partial charge in [0.15, 0.2) is 0 Å². The SMILES string of the molecule is O=C1Nc2ccccc2CC12CCCN(C1COC1)C2. The van der Waals surface area contributed by atoms with Gasteiger partial charge in [0.1, 0.15) is 0 Å². The fourth-order valence-electron chi connectivity index (χ4n) is 3.74. The van der Waals surface area contributed by atoms with Crippen LogP contribution in [0.3, 0.4) is 0 Å². The Bertz CT molecular complexity index is 541. The normalized spacial score (nSPS) is 30.7. The molecular weight excluding hydrogens is 252 g/mol. The van der Waals surface area contributed by atoms with E-state index in [4.69, 9.17) is 4.74 Å². The maximum atomic E-state index is 12.6. The van der Waals surface area contributed by atoms with Gasteiger partial charge in [-0.1, -0.05) is 18.2 Å². The number of likely N-dealkylation sites (tertiary alicyclic amines) is 1. The summed E-state index contributed by atoms with van der Waals surface area (Å²) in [6.45, 7) is 3.63. The first-order valence-electron chi connectivity index (χ1n) is 7.48. The van der Waals surface area contributed by atoms with Gasteiger partial charge in [-0.2, -0.15) is 0 Å². The molecule has 3 aliphatic rings. The quantitative estimate of drug-likeness (QED) is 0.845. The molecule has 2 fully saturated rings. The molecule has 4 nitrogen and oxygen atoms in total. The van der Waals surface area contributed by atoms with E-state index in [1.165, 1.54) is 5.56 Å². The first-order chi connectivity index (χ1) is 9.77. The van der Waals surface area contributed by atoms with E-state index < -0.39 is 0 Å². The van der Waals surface area contributed by atoms with Crippen LogP contribution in [0.15, 0.2) is 24.3 Å². The molecule has 0 bridgehead atoms. The lowest BCUT2D eigenvalue weighted by Crippen LogP contribution is -2.59. The summed E-state index contributed by atoms with van der Waals surface area (Å²) in [5.74, 6) is 0.209. The first kappa shape index (κ1) is 12.4. The summed E-state index contributed by atoms with van der Waals surface area (Å²) in [5, 5.41) is 3.12. The fourth-order valence-corrected chi connectivity index (χ4v) is 3.74. The molecular formula is C16H20N2O2. The van der Waals surface area contributed by atoms with Crippen molar-refractivity contribution in [1.82, 2.24) is 4.90 Å². The highest BCUT2D eigenvalue weighted by Crippen LogP contribution is 2.41. The standard InChI is InChI=1S/C16H20N2O2/c19-15-16(8-12-4-1-2-5-14(12)17-15)6-3-7-18(11-16)13-9-20-10-13/h1-2,4-5,13H,3,6-11H2,(H,17,19). The zero-order chi connectivity index (χ0) is 13.6. The van der Waals surface area contributed by atoms with Gasteiger partial charge in [-0.25, -0.2) is 0 Å². The number of hydrogen-bond acceptors (Lipinski definition) is 3. The molecule has 4 rings (SSSR count). The van der Waals surface area contributed by atoms with E-state index in [9.17, 15) is 4.79 Å². The minimum Gasteiger partial charge on any atom is -0.378 e. The molecule has 1 aromatic carbocycles. The van der Waals surface area contributed by atoms with E-state index >= 15 is 0 Å². The van der Waals surface area contributed by atoms with Gasteiger partial charge in [0.25, 0.3) is 0 Å². The summed E-state index contributed by atoms with van der Waals surface area (Å²) in [6.07, 6.45) is 2.97. The minimum absolute atomic E-state index is 0.209. The Morgan fingerprint density at radius 1 is 1.30 bits per heavy atom. The maximum absolute atomic E-state index is 12.6. The van der Waals surface area contributed by atoms with Crippen LogP contribution in [0.25, 0.3) is 0 Å². The molecule has 3 aliphatic heterocycles. The molecule has 0 saturated carbocycles. The van der Waals surface area contributed by atoms with Gasteiger partial charge in [-0.3, -0.25) is 9.69 Å². The van der Waals surface area contributed by atoms with Crippen LogP contribution in [-0.4, -0.2) is 43.2 Å². The third-order valence-electron chi connectivity index (χ3n) is 5.02. The summed E-state index contributed by atoms with van der Waals surface area (Å²) < 4.78 is 5.30. The van der Waals surface area contributed by atoms with Gasteiger partial charge in [0, 0.05) is 12.2 Å². The molecule has 3 heterocycles. The second kappa shape index (κ2) is 4.57. The minimum atomic E-state index is -0.234. The third-order valence-corrected chi connectivity index (χ3v) is 5.02. The molecule has 0 aliphatic carbocycles. The van der Waals surface area contributed by atoms with Crippen molar-refractivity contribution in [1.29, 1.82) is 0 Å². The van der Waals surface area contributed by atoms with Gasteiger partial charge in [0.05, 0.1) is 24.7 Å². The number of hydrogen-bond donors (Lipinski definition) is 1. The summed E-state index contributed by atoms with van der Waals surface area (Å²) in [4.78, 5) is 15.1. The predicted octanol–water partition coefficient (Wildman–Crippen LogP) is 1.66. The molecule has 1 atom stereocenters. The van der Waals surface area contributed by atoms with Crippen LogP contribution in [0.4, 0.5) is 5.69 Å². The molecule has 1 spiro atoms. The number of fused-ring (bicyclic) bond motifs is 1. The topological polar surface area (TPSA) is 41.6 Å². The highest BCUT2D eigenvalue weighted by atomic mass is 16.5. The summed E-state index contributed by atoms with van der Waals surface area (Å²) >= 11 is 0. The number of carbonyl (C=O) groups is 1. The molecule has 4 heteroatoms. The second-order valence-electron chi connectivity index (χ2n) is 6.33. The number of rotatable bonds is 1. The Labute approximate surface area is 119 Å². The van der Waals surface area contributed by atoms with Crippen molar-refractivity contribution in [3.63, 3.8) is 0 Å². The lowest BCUT2D eigenvalue weighted by Gasteiger charge is -2.48. The van der Waals surface area contributed by atoms with E-state index in [0.29, 0.717) is 6.04 Å². The fraction of sp³-hybridized carbons (Fsp3) is 0.562. The van der Waals surface area contributed by atoms with Crippen molar-refractivity contribution in [2.75, 3.05) is 31.6 Å². The van der Waals surface area contributed by atoms with Crippen molar-refractivity contribution < 1.29 is 9.53 Å². The molecule has 1 aromatic rings. The van der Waals surface area contributed by atoms with E-state index in [2.05, 4.69) is 22.3 Å². The van der Waals surface area contributed by atoms with Crippen LogP contribution >= 0.6 is 0 Å². The number of nitrogens with zero attached hydrogens (tertiary/aromatic N) is 1. The summed E-state index contributed by atoms with van der Waals surface area (Å²) in [5.41, 5.74) is 2.04. The summed E-state index contributed by atoms with van der Waals surface area (Å²) in [7, 11) is 0. The Morgan fingerprint density at radius 2 is 2.15 bits per heavy atom. The first-order valence-corrected chi connectivity index (χ1v) is 7.48. The molecule has 20 heavy (non-hydrogen) atoms. The molecule has 1 unspecified atom stereocenters. The van der Waals surface area contributed by atoms with E-state index in [0.717, 1.165) is 51.3 Å². The van der Waals surface area contributed by atoms with Crippen LogP contribution in [0.2, 0.25) is 0 Å². The van der Waals surface area contributed by atoms with Crippen LogP contribution in [0.1, 0.15) is 18.4 Å². The number of para-hydroxylation sites is 1. The van der Waals surface area contributed by atoms with Crippen molar-refractivity contribution in [2.24, 2.45) is 5.41 Å². The van der Waals surface area contributed by atoms with Crippen LogP contribution in [0.5, 0.6) is 0 Å². The van der Waals surface area contributed by atoms with Gasteiger partial charge in [-0.15, -0.1) is 0 Å². The number of amides is 1. The molecule has 0 aromatic heterocycles. The van der Waals surface area contributed by atoms with E-state index in [-0.39, 0.29) is 11.3 Å². The largest absolute Gasteiger partial charge is 0.378 e. The molecule has 1 amide bonds. The molecule has 2 saturated heterocycles. The van der Waals surface area contributed by atoms with Crippen molar-refractivity contribution >= 4 is 11.6 Å². The average Bonchev–Trinajstić information content (AvgIpc) is 2.39. The van der Waals surface area contributed by atoms with E-state index in [1.54, 1.807) is 0 Å². The maximum Gasteiger partial charge on any atom is 0.232 e. The Balaban J connectivity index is 1.61. The van der Waals surface area contributed by atoms with Crippen molar-refractivity contribution in [3.05, 3.63) is 29.8 Å². The second-order valence-corrected chi connectivity index (χ2v) is 6.33. The monoisotopic (exact) mass is 272 g/mol. The third kappa shape index (κ3) is 1.86. The van der Waals surface area contributed by atoms with Gasteiger partial charge >= 0.3 is 0 Å². The van der Waals surface area contributed by atoms with Crippen LogP contribution in [0, 0.1) is 5.41 Å². The van der Waals surface area contributed by atoms with Crippen molar-refractivity contribution in [2.45, 2.75) is 25.3 Å². The Morgan fingerprint density at radius 3 is 2.95 bits per heavy atom. The zero-order valence-corrected chi connectivity index (χ0v) is 11.6. The number of ether oxygens (including phenoxy) is 1. The van der Waals surface area contributed by atoms with Gasteiger partial charge < -0.3 is 10.1 Å². The molecule has 106 valence electrons. The lowest BCUT2D eigenvalue weighted by molar-refractivity contribution is -0.135. The van der Waals surface area contributed by atoms with Crippen LogP contribution in [-0.2, 0) is 16.0 Å². The van der Waals surface area contributed by atoms with Gasteiger partial charge in [-0.05, 0) is 37.4 Å².